The van der Waals surface area contributed by atoms with Crippen molar-refractivity contribution in [1.82, 2.24) is 19.6 Å². The number of nitrogens with one attached hydrogen (secondary N) is 1. The number of aryl methyl sites for hydroxylation is 2. The lowest BCUT2D eigenvalue weighted by atomic mass is 10.0. The van der Waals surface area contributed by atoms with Gasteiger partial charge in [-0.1, -0.05) is 22.7 Å². The third-order valence-electron chi connectivity index (χ3n) is 5.22. The van der Waals surface area contributed by atoms with E-state index in [4.69, 9.17) is 4.74 Å². The number of amides is 1. The zero-order valence-corrected chi connectivity index (χ0v) is 18.1. The number of nitrogens with zero attached hydrogens (tertiary/aromatic N) is 4. The van der Waals surface area contributed by atoms with Crippen LogP contribution in [0.25, 0.3) is 17.0 Å². The van der Waals surface area contributed by atoms with Gasteiger partial charge in [0.2, 0.25) is 0 Å². The molecule has 7 nitrogen and oxygen atoms in total. The quantitative estimate of drug-likeness (QED) is 0.470. The smallest absolute Gasteiger partial charge is 0.273 e. The molecule has 1 N–H and O–H groups in total. The molecule has 0 unspecified atom stereocenters. The lowest BCUT2D eigenvalue weighted by molar-refractivity contribution is -0.116. The van der Waals surface area contributed by atoms with Crippen LogP contribution in [-0.4, -0.2) is 25.8 Å². The summed E-state index contributed by atoms with van der Waals surface area (Å²) in [5.74, 6) is 0.0519. The number of carbonyl (C=O) groups is 1. The first-order chi connectivity index (χ1) is 15.5. The van der Waals surface area contributed by atoms with Crippen molar-refractivity contribution in [3.05, 3.63) is 81.7 Å². The summed E-state index contributed by atoms with van der Waals surface area (Å²) in [6.45, 7) is 2.05. The van der Waals surface area contributed by atoms with Crippen LogP contribution in [0.1, 0.15) is 21.7 Å². The number of carbonyl (C=O) groups excluding carboxylic acids is 1. The summed E-state index contributed by atoms with van der Waals surface area (Å²) in [7, 11) is 1.93. The first kappa shape index (κ1) is 20.1. The van der Waals surface area contributed by atoms with Crippen LogP contribution >= 0.6 is 11.5 Å². The second kappa shape index (κ2) is 8.01. The summed E-state index contributed by atoms with van der Waals surface area (Å²) in [4.78, 5) is 13.3. The van der Waals surface area contributed by atoms with E-state index in [1.807, 2.05) is 49.0 Å². The Labute approximate surface area is 187 Å². The van der Waals surface area contributed by atoms with E-state index in [1.54, 1.807) is 12.1 Å². The third kappa shape index (κ3) is 3.56. The molecular formula is C23H18FN5O2S. The number of rotatable bonds is 5. The van der Waals surface area contributed by atoms with Crippen LogP contribution < -0.4 is 10.2 Å². The molecule has 0 spiro atoms. The maximum absolute atomic E-state index is 13.5. The van der Waals surface area contributed by atoms with E-state index in [2.05, 4.69) is 20.1 Å². The highest BCUT2D eigenvalue weighted by atomic mass is 32.1. The molecular weight excluding hydrogens is 429 g/mol. The summed E-state index contributed by atoms with van der Waals surface area (Å²) in [5.41, 5.74) is 6.70. The fourth-order valence-corrected chi connectivity index (χ4v) is 4.37. The first-order valence-electron chi connectivity index (χ1n) is 9.86. The molecule has 0 radical (unpaired) electrons. The molecule has 0 aliphatic carbocycles. The molecule has 0 saturated carbocycles. The van der Waals surface area contributed by atoms with E-state index >= 15 is 0 Å². The van der Waals surface area contributed by atoms with Gasteiger partial charge in [0.05, 0.1) is 21.7 Å². The average molecular weight is 447 g/mol. The Morgan fingerprint density at radius 2 is 2.09 bits per heavy atom. The minimum atomic E-state index is -0.304. The van der Waals surface area contributed by atoms with Crippen molar-refractivity contribution >= 4 is 40.1 Å². The zero-order chi connectivity index (χ0) is 22.2. The normalized spacial score (nSPS) is 14.8. The minimum Gasteiger partial charge on any atom is -0.488 e. The van der Waals surface area contributed by atoms with Gasteiger partial charge in [0.1, 0.15) is 23.9 Å². The molecule has 9 heteroatoms. The van der Waals surface area contributed by atoms with E-state index in [9.17, 15) is 9.18 Å². The Balaban J connectivity index is 1.56. The zero-order valence-electron chi connectivity index (χ0n) is 17.3. The third-order valence-corrected chi connectivity index (χ3v) is 6.06. The van der Waals surface area contributed by atoms with E-state index in [0.29, 0.717) is 22.7 Å². The van der Waals surface area contributed by atoms with Gasteiger partial charge >= 0.3 is 0 Å². The number of halogens is 1. The average Bonchev–Trinajstić information content (AvgIpc) is 3.45. The Bertz CT molecular complexity index is 1420. The van der Waals surface area contributed by atoms with Crippen molar-refractivity contribution in [2.24, 2.45) is 12.1 Å². The Kier molecular flexibility index (Phi) is 5.02. The molecule has 32 heavy (non-hydrogen) atoms. The second-order valence-corrected chi connectivity index (χ2v) is 8.17. The molecule has 0 bridgehead atoms. The number of ether oxygens (including phenoxy) is 1. The summed E-state index contributed by atoms with van der Waals surface area (Å²) in [5, 5.41) is 9.08. The Hall–Kier alpha value is -3.85. The van der Waals surface area contributed by atoms with E-state index < -0.39 is 0 Å². The monoisotopic (exact) mass is 447 g/mol. The number of hydrogen-bond donors (Lipinski definition) is 1. The lowest BCUT2D eigenvalue weighted by Gasteiger charge is -2.09. The molecule has 0 fully saturated rings. The molecule has 2 aromatic heterocycles. The molecule has 1 aliphatic heterocycles. The summed E-state index contributed by atoms with van der Waals surface area (Å²) in [6, 6.07) is 12.1. The highest BCUT2D eigenvalue weighted by Gasteiger charge is 2.27. The van der Waals surface area contributed by atoms with Gasteiger partial charge in [-0.25, -0.2) is 9.82 Å². The second-order valence-electron chi connectivity index (χ2n) is 7.41. The van der Waals surface area contributed by atoms with Crippen molar-refractivity contribution in [2.75, 3.05) is 0 Å². The maximum Gasteiger partial charge on any atom is 0.273 e. The van der Waals surface area contributed by atoms with Crippen molar-refractivity contribution < 1.29 is 13.9 Å². The van der Waals surface area contributed by atoms with Gasteiger partial charge in [0, 0.05) is 24.2 Å². The molecule has 3 heterocycles. The number of hydrazone groups is 1. The Morgan fingerprint density at radius 1 is 1.25 bits per heavy atom. The highest BCUT2D eigenvalue weighted by molar-refractivity contribution is 7.08. The van der Waals surface area contributed by atoms with Gasteiger partial charge < -0.3 is 9.30 Å². The van der Waals surface area contributed by atoms with Crippen LogP contribution in [0.15, 0.2) is 59.3 Å². The molecule has 0 atom stereocenters. The molecule has 0 saturated heterocycles. The minimum absolute atomic E-state index is 0.223. The van der Waals surface area contributed by atoms with E-state index in [0.717, 1.165) is 26.9 Å². The number of hydrogen-bond acceptors (Lipinski definition) is 6. The maximum atomic E-state index is 13.5. The van der Waals surface area contributed by atoms with Gasteiger partial charge in [-0.3, -0.25) is 4.79 Å². The van der Waals surface area contributed by atoms with Crippen molar-refractivity contribution in [3.63, 3.8) is 0 Å². The van der Waals surface area contributed by atoms with Gasteiger partial charge in [-0.2, -0.15) is 5.10 Å². The molecule has 160 valence electrons. The predicted octanol–water partition coefficient (Wildman–Crippen LogP) is 3.97. The number of aromatic nitrogens is 3. The summed E-state index contributed by atoms with van der Waals surface area (Å²) >= 11 is 1.20. The molecule has 1 amide bonds. The fraction of sp³-hybridized carbons (Fsp3) is 0.130. The molecule has 1 aliphatic rings. The van der Waals surface area contributed by atoms with Crippen molar-refractivity contribution in [2.45, 2.75) is 13.5 Å². The van der Waals surface area contributed by atoms with Crippen LogP contribution in [0.4, 0.5) is 4.39 Å². The number of fused-ring (bicyclic) bond motifs is 1. The lowest BCUT2D eigenvalue weighted by Crippen LogP contribution is -2.13. The largest absolute Gasteiger partial charge is 0.488 e. The van der Waals surface area contributed by atoms with Crippen LogP contribution in [0.5, 0.6) is 5.75 Å². The van der Waals surface area contributed by atoms with Crippen LogP contribution in [0.3, 0.4) is 0 Å². The van der Waals surface area contributed by atoms with E-state index in [1.165, 1.54) is 23.7 Å². The van der Waals surface area contributed by atoms with Gasteiger partial charge in [-0.15, -0.1) is 5.10 Å². The predicted molar refractivity (Wildman–Crippen MR) is 121 cm³/mol. The van der Waals surface area contributed by atoms with Crippen LogP contribution in [0.2, 0.25) is 0 Å². The molecule has 4 aromatic rings. The van der Waals surface area contributed by atoms with Gasteiger partial charge in [0.25, 0.3) is 5.91 Å². The van der Waals surface area contributed by atoms with Crippen LogP contribution in [0, 0.1) is 12.7 Å². The van der Waals surface area contributed by atoms with Gasteiger partial charge in [-0.05, 0) is 54.4 Å². The summed E-state index contributed by atoms with van der Waals surface area (Å²) in [6.07, 6.45) is 3.74. The summed E-state index contributed by atoms with van der Waals surface area (Å²) < 4.78 is 25.5. The molecule has 5 rings (SSSR count). The van der Waals surface area contributed by atoms with Crippen molar-refractivity contribution in [1.29, 1.82) is 0 Å². The fourth-order valence-electron chi connectivity index (χ4n) is 3.71. The van der Waals surface area contributed by atoms with Gasteiger partial charge in [0.15, 0.2) is 0 Å². The first-order valence-corrected chi connectivity index (χ1v) is 10.6. The molecule has 2 aromatic carbocycles. The Morgan fingerprint density at radius 3 is 2.88 bits per heavy atom. The number of benzene rings is 2. The van der Waals surface area contributed by atoms with Crippen molar-refractivity contribution in [3.8, 4) is 5.75 Å². The highest BCUT2D eigenvalue weighted by Crippen LogP contribution is 2.33. The van der Waals surface area contributed by atoms with E-state index in [-0.39, 0.29) is 18.3 Å². The standard InChI is InChI=1S/C23H18FN5O2S/c1-13-22(32-28-25-13)21-17(23(30)27-26-21)10-15-11-29(2)18-7-4-8-19(20(15)18)31-12-14-5-3-6-16(24)9-14/h3-11H,12H2,1-2H3,(H,27,30)/b17-10-. The SMILES string of the molecule is Cc1nnsc1C1=NNC(=O)/C1=C\c1cn(C)c2cccc(OCc3cccc(F)c3)c12. The van der Waals surface area contributed by atoms with Crippen LogP contribution in [-0.2, 0) is 18.4 Å². The topological polar surface area (TPSA) is 81.4 Å².